The Bertz CT molecular complexity index is 1210. The van der Waals surface area contributed by atoms with Gasteiger partial charge in [-0.3, -0.25) is 0 Å². The third-order valence-electron chi connectivity index (χ3n) is 12.5. The van der Waals surface area contributed by atoms with E-state index in [2.05, 4.69) is 32.7 Å². The van der Waals surface area contributed by atoms with Gasteiger partial charge in [0.05, 0.1) is 23.3 Å². The number of aliphatic hydroxyl groups is 2. The first-order valence-electron chi connectivity index (χ1n) is 15.2. The molecule has 6 nitrogen and oxygen atoms in total. The summed E-state index contributed by atoms with van der Waals surface area (Å²) < 4.78 is 0. The molecule has 38 heavy (non-hydrogen) atoms. The van der Waals surface area contributed by atoms with Crippen molar-refractivity contribution in [2.45, 2.75) is 97.7 Å². The van der Waals surface area contributed by atoms with Crippen molar-refractivity contribution in [2.75, 3.05) is 0 Å². The lowest BCUT2D eigenvalue weighted by molar-refractivity contribution is -0.203. The number of para-hydroxylation sites is 1. The molecule has 4 saturated carbocycles. The third kappa shape index (κ3) is 3.80. The molecular weight excluding hydrogens is 476 g/mol. The highest BCUT2D eigenvalue weighted by atomic mass is 16.4. The minimum absolute atomic E-state index is 0.204. The Balaban J connectivity index is 1.26. The summed E-state index contributed by atoms with van der Waals surface area (Å²) >= 11 is 0. The van der Waals surface area contributed by atoms with Crippen LogP contribution in [0.5, 0.6) is 0 Å². The molecule has 0 aliphatic heterocycles. The quantitative estimate of drug-likeness (QED) is 0.382. The van der Waals surface area contributed by atoms with Crippen LogP contribution in [0.15, 0.2) is 18.2 Å². The molecule has 0 amide bonds. The van der Waals surface area contributed by atoms with Crippen molar-refractivity contribution in [3.63, 3.8) is 0 Å². The van der Waals surface area contributed by atoms with Gasteiger partial charge in [-0.1, -0.05) is 40.2 Å². The van der Waals surface area contributed by atoms with E-state index in [1.807, 2.05) is 6.07 Å². The molecule has 6 heteroatoms. The van der Waals surface area contributed by atoms with E-state index >= 15 is 0 Å². The second-order valence-electron chi connectivity index (χ2n) is 14.0. The zero-order chi connectivity index (χ0) is 27.0. The van der Waals surface area contributed by atoms with Crippen LogP contribution >= 0.6 is 0 Å². The summed E-state index contributed by atoms with van der Waals surface area (Å²) in [5.74, 6) is 3.08. The third-order valence-corrected chi connectivity index (χ3v) is 12.5. The summed E-state index contributed by atoms with van der Waals surface area (Å²) in [4.78, 5) is 19.8. The number of nitrogens with zero attached hydrogens (tertiary/aromatic N) is 1. The largest absolute Gasteiger partial charge is 0.478 e. The number of H-pyrrole nitrogens is 1. The van der Waals surface area contributed by atoms with E-state index in [0.717, 1.165) is 43.4 Å². The monoisotopic (exact) mass is 522 g/mol. The number of carboxylic acids is 1. The second kappa shape index (κ2) is 9.33. The molecule has 1 aromatic heterocycles. The predicted octanol–water partition coefficient (Wildman–Crippen LogP) is 6.07. The number of aromatic nitrogens is 2. The molecule has 3 unspecified atom stereocenters. The van der Waals surface area contributed by atoms with Crippen LogP contribution in [0.25, 0.3) is 11.0 Å². The van der Waals surface area contributed by atoms with Gasteiger partial charge in [0, 0.05) is 6.42 Å². The Morgan fingerprint density at radius 1 is 1.08 bits per heavy atom. The molecule has 4 N–H and O–H groups in total. The van der Waals surface area contributed by atoms with Gasteiger partial charge in [-0.05, 0) is 109 Å². The molecule has 4 fully saturated rings. The molecule has 0 radical (unpaired) electrons. The van der Waals surface area contributed by atoms with E-state index in [1.54, 1.807) is 12.1 Å². The van der Waals surface area contributed by atoms with Gasteiger partial charge >= 0.3 is 5.97 Å². The lowest BCUT2D eigenvalue weighted by Gasteiger charge is -2.64. The van der Waals surface area contributed by atoms with E-state index in [4.69, 9.17) is 4.98 Å². The zero-order valence-electron chi connectivity index (χ0n) is 23.5. The van der Waals surface area contributed by atoms with Gasteiger partial charge in [0.1, 0.15) is 11.3 Å². The van der Waals surface area contributed by atoms with Crippen LogP contribution in [0.1, 0.15) is 95.2 Å². The van der Waals surface area contributed by atoms with E-state index in [1.165, 1.54) is 25.7 Å². The summed E-state index contributed by atoms with van der Waals surface area (Å²) in [6.07, 6.45) is 8.97. The van der Waals surface area contributed by atoms with Crippen molar-refractivity contribution in [1.82, 2.24) is 9.97 Å². The van der Waals surface area contributed by atoms with Crippen molar-refractivity contribution >= 4 is 17.0 Å². The van der Waals surface area contributed by atoms with Gasteiger partial charge in [0.15, 0.2) is 0 Å². The number of hydrogen-bond donors (Lipinski definition) is 4. The molecule has 1 aromatic carbocycles. The molecule has 1 heterocycles. The maximum absolute atomic E-state index is 11.9. The van der Waals surface area contributed by atoms with E-state index in [0.29, 0.717) is 41.0 Å². The van der Waals surface area contributed by atoms with Crippen LogP contribution in [0.4, 0.5) is 0 Å². The van der Waals surface area contributed by atoms with Crippen LogP contribution in [-0.4, -0.2) is 43.5 Å². The second-order valence-corrected chi connectivity index (χ2v) is 14.0. The van der Waals surface area contributed by atoms with Crippen molar-refractivity contribution in [2.24, 2.45) is 52.3 Å². The van der Waals surface area contributed by atoms with Crippen LogP contribution in [0.2, 0.25) is 0 Å². The summed E-state index contributed by atoms with van der Waals surface area (Å²) in [5, 5.41) is 32.0. The number of carbonyl (C=O) groups is 1. The fraction of sp³-hybridized carbons (Fsp3) is 0.750. The highest BCUT2D eigenvalue weighted by Gasteiger charge is 2.64. The van der Waals surface area contributed by atoms with Crippen LogP contribution in [0.3, 0.4) is 0 Å². The minimum atomic E-state index is -0.940. The van der Waals surface area contributed by atoms with Gasteiger partial charge in [0.2, 0.25) is 0 Å². The van der Waals surface area contributed by atoms with Crippen molar-refractivity contribution in [3.05, 3.63) is 29.6 Å². The average Bonchev–Trinajstić information content (AvgIpc) is 3.45. The number of fused-ring (bicyclic) bond motifs is 6. The van der Waals surface area contributed by atoms with Crippen molar-refractivity contribution in [1.29, 1.82) is 0 Å². The molecule has 208 valence electrons. The average molecular weight is 523 g/mol. The Morgan fingerprint density at radius 2 is 1.82 bits per heavy atom. The number of aliphatic hydroxyl groups excluding tert-OH is 2. The highest BCUT2D eigenvalue weighted by Crippen LogP contribution is 2.69. The van der Waals surface area contributed by atoms with Gasteiger partial charge in [-0.2, -0.15) is 0 Å². The van der Waals surface area contributed by atoms with E-state index < -0.39 is 5.97 Å². The smallest absolute Gasteiger partial charge is 0.337 e. The Morgan fingerprint density at radius 3 is 2.55 bits per heavy atom. The van der Waals surface area contributed by atoms with E-state index in [-0.39, 0.29) is 34.5 Å². The highest BCUT2D eigenvalue weighted by molar-refractivity contribution is 6.00. The molecule has 0 spiro atoms. The van der Waals surface area contributed by atoms with Gasteiger partial charge in [0.25, 0.3) is 0 Å². The van der Waals surface area contributed by atoms with Crippen molar-refractivity contribution < 1.29 is 20.1 Å². The summed E-state index contributed by atoms with van der Waals surface area (Å²) in [5.41, 5.74) is 2.03. The van der Waals surface area contributed by atoms with Gasteiger partial charge < -0.3 is 20.3 Å². The number of imidazole rings is 1. The summed E-state index contributed by atoms with van der Waals surface area (Å²) in [6, 6.07) is 5.30. The number of aromatic carboxylic acids is 1. The topological polar surface area (TPSA) is 106 Å². The molecule has 0 bridgehead atoms. The Labute approximate surface area is 226 Å². The maximum atomic E-state index is 11.9. The Kier molecular flexibility index (Phi) is 6.46. The molecule has 0 saturated heterocycles. The number of rotatable bonds is 5. The summed E-state index contributed by atoms with van der Waals surface area (Å²) in [6.45, 7) is 9.60. The lowest BCUT2D eigenvalue weighted by atomic mass is 9.41. The number of hydrogen-bond acceptors (Lipinski definition) is 4. The molecule has 4 aliphatic carbocycles. The van der Waals surface area contributed by atoms with Crippen LogP contribution in [-0.2, 0) is 6.42 Å². The molecular formula is C32H46N2O4. The molecule has 2 aromatic rings. The number of nitrogens with one attached hydrogen (secondary N) is 1. The number of benzene rings is 1. The normalized spacial score (nSPS) is 43.3. The predicted molar refractivity (Wildman–Crippen MR) is 148 cm³/mol. The van der Waals surface area contributed by atoms with Crippen molar-refractivity contribution in [3.8, 4) is 0 Å². The zero-order valence-corrected chi connectivity index (χ0v) is 23.5. The molecule has 6 rings (SSSR count). The standard InChI is InChI=1S/C32H46N2O4/c1-5-19-24-16-18(35)11-13-32(24,4)23-12-14-31(3)21(9-10-22(31)27(23)29(19)36)17(2)15-26-33-25-8-6-7-20(30(37)38)28(25)34-26/h6-8,17-19,21-24,27,29,35-36H,5,9-16H2,1-4H3,(H,33,34)(H,37,38)/t17-,18-,19-,21-,22?,23?,24+,27?,29-,31-,32-/m1/s1. The lowest BCUT2D eigenvalue weighted by Crippen LogP contribution is -2.62. The SMILES string of the molecule is CC[C@H]1[C@@H](O)C2C3CC[C@H]([C@H](C)Cc4nc5c(C(=O)O)cccc5[nH]4)[C@@]3(C)CCC2[C@@]2(C)CC[C@@H](O)C[C@@H]12. The Hall–Kier alpha value is -1.92. The minimum Gasteiger partial charge on any atom is -0.478 e. The van der Waals surface area contributed by atoms with Gasteiger partial charge in [-0.15, -0.1) is 0 Å². The molecule has 11 atom stereocenters. The van der Waals surface area contributed by atoms with Crippen LogP contribution < -0.4 is 0 Å². The first-order valence-corrected chi connectivity index (χ1v) is 15.2. The molecule has 4 aliphatic rings. The van der Waals surface area contributed by atoms with E-state index in [9.17, 15) is 20.1 Å². The maximum Gasteiger partial charge on any atom is 0.337 e. The number of carboxylic acid groups (broad SMARTS) is 1. The first kappa shape index (κ1) is 26.3. The fourth-order valence-electron chi connectivity index (χ4n) is 10.7. The first-order chi connectivity index (χ1) is 18.1. The van der Waals surface area contributed by atoms with Gasteiger partial charge in [-0.25, -0.2) is 9.78 Å². The number of aromatic amines is 1. The summed E-state index contributed by atoms with van der Waals surface area (Å²) in [7, 11) is 0. The van der Waals surface area contributed by atoms with Crippen LogP contribution in [0, 0.1) is 52.3 Å². The fourth-order valence-corrected chi connectivity index (χ4v) is 10.7.